The molecule has 1 aliphatic carbocycles. The molecule has 2 nitrogen and oxygen atoms in total. The van der Waals surface area contributed by atoms with Crippen LogP contribution in [0.5, 0.6) is 0 Å². The number of nitrogens with one attached hydrogen (secondary N) is 1. The Morgan fingerprint density at radius 3 is 2.91 bits per heavy atom. The Kier molecular flexibility index (Phi) is 3.43. The molecule has 0 aromatic carbocycles. The second-order valence-corrected chi connectivity index (χ2v) is 2.97. The Balaban J connectivity index is 2.33. The Morgan fingerprint density at radius 1 is 1.55 bits per heavy atom. The average Bonchev–Trinajstić information content (AvgIpc) is 2.37. The van der Waals surface area contributed by atoms with Crippen LogP contribution >= 0.6 is 11.6 Å². The lowest BCUT2D eigenvalue weighted by atomic mass is 10.2. The maximum absolute atomic E-state index is 11.0. The van der Waals surface area contributed by atoms with Crippen LogP contribution in [0.1, 0.15) is 19.3 Å². The minimum Gasteiger partial charge on any atom is -0.389 e. The van der Waals surface area contributed by atoms with Crippen LogP contribution in [-0.2, 0) is 4.79 Å². The van der Waals surface area contributed by atoms with Crippen LogP contribution in [0.4, 0.5) is 0 Å². The van der Waals surface area contributed by atoms with Gasteiger partial charge in [-0.25, -0.2) is 0 Å². The number of carbonyl (C=O) groups is 1. The Hall–Kier alpha value is -0.500. The zero-order valence-corrected chi connectivity index (χ0v) is 7.16. The molecule has 0 aliphatic heterocycles. The molecule has 0 heterocycles. The summed E-state index contributed by atoms with van der Waals surface area (Å²) in [5, 5.41) is 2.99. The molecule has 1 rings (SSSR count). The SMILES string of the molecule is O=C1CCC/C1=C/NCCCl. The van der Waals surface area contributed by atoms with Crippen LogP contribution in [-0.4, -0.2) is 18.2 Å². The minimum atomic E-state index is 0.284. The molecule has 3 heteroatoms. The summed E-state index contributed by atoms with van der Waals surface area (Å²) in [6, 6.07) is 0. The van der Waals surface area contributed by atoms with Gasteiger partial charge in [-0.3, -0.25) is 4.79 Å². The predicted molar refractivity (Wildman–Crippen MR) is 45.7 cm³/mol. The number of allylic oxidation sites excluding steroid dienone is 1. The van der Waals surface area contributed by atoms with E-state index >= 15 is 0 Å². The summed E-state index contributed by atoms with van der Waals surface area (Å²) < 4.78 is 0. The van der Waals surface area contributed by atoms with E-state index in [-0.39, 0.29) is 5.78 Å². The zero-order valence-electron chi connectivity index (χ0n) is 6.40. The van der Waals surface area contributed by atoms with E-state index in [1.807, 2.05) is 0 Å². The van der Waals surface area contributed by atoms with Crippen LogP contribution in [0, 0.1) is 0 Å². The molecule has 0 unspecified atom stereocenters. The fourth-order valence-corrected chi connectivity index (χ4v) is 1.25. The van der Waals surface area contributed by atoms with Crippen molar-refractivity contribution in [3.05, 3.63) is 11.8 Å². The highest BCUT2D eigenvalue weighted by atomic mass is 35.5. The second kappa shape index (κ2) is 4.39. The van der Waals surface area contributed by atoms with Gasteiger partial charge in [0.1, 0.15) is 0 Å². The normalized spacial score (nSPS) is 21.2. The van der Waals surface area contributed by atoms with Crippen molar-refractivity contribution in [2.45, 2.75) is 19.3 Å². The zero-order chi connectivity index (χ0) is 8.10. The Morgan fingerprint density at radius 2 is 2.36 bits per heavy atom. The molecule has 1 aliphatic rings. The predicted octanol–water partition coefficient (Wildman–Crippen LogP) is 1.45. The van der Waals surface area contributed by atoms with E-state index in [1.165, 1.54) is 0 Å². The van der Waals surface area contributed by atoms with E-state index in [0.717, 1.165) is 25.0 Å². The lowest BCUT2D eigenvalue weighted by Gasteiger charge is -1.96. The number of halogens is 1. The number of Topliss-reactive ketones (excluding diaryl/α,β-unsaturated/α-hetero) is 1. The van der Waals surface area contributed by atoms with Crippen molar-refractivity contribution in [3.8, 4) is 0 Å². The van der Waals surface area contributed by atoms with Gasteiger partial charge in [-0.15, -0.1) is 11.6 Å². The lowest BCUT2D eigenvalue weighted by Crippen LogP contribution is -2.10. The van der Waals surface area contributed by atoms with Gasteiger partial charge in [0.25, 0.3) is 0 Å². The van der Waals surface area contributed by atoms with E-state index in [0.29, 0.717) is 12.3 Å². The van der Waals surface area contributed by atoms with Gasteiger partial charge in [0.05, 0.1) is 0 Å². The van der Waals surface area contributed by atoms with Gasteiger partial charge in [0.15, 0.2) is 5.78 Å². The number of ketones is 1. The minimum absolute atomic E-state index is 0.284. The largest absolute Gasteiger partial charge is 0.389 e. The number of carbonyl (C=O) groups excluding carboxylic acids is 1. The highest BCUT2D eigenvalue weighted by molar-refractivity contribution is 6.18. The van der Waals surface area contributed by atoms with Gasteiger partial charge in [0, 0.05) is 30.6 Å². The molecular formula is C8H12ClNO. The first-order valence-electron chi connectivity index (χ1n) is 3.86. The third kappa shape index (κ3) is 2.54. The molecule has 0 radical (unpaired) electrons. The first-order valence-corrected chi connectivity index (χ1v) is 4.39. The molecular weight excluding hydrogens is 162 g/mol. The number of hydrogen-bond donors (Lipinski definition) is 1. The average molecular weight is 174 g/mol. The standard InChI is InChI=1S/C8H12ClNO/c9-4-5-10-6-7-2-1-3-8(7)11/h6,10H,1-5H2/b7-6-. The molecule has 0 saturated heterocycles. The number of alkyl halides is 1. The quantitative estimate of drug-likeness (QED) is 0.398. The van der Waals surface area contributed by atoms with E-state index in [1.54, 1.807) is 6.20 Å². The molecule has 0 bridgehead atoms. The number of rotatable bonds is 3. The van der Waals surface area contributed by atoms with Crippen LogP contribution in [0.3, 0.4) is 0 Å². The Labute approximate surface area is 71.6 Å². The van der Waals surface area contributed by atoms with Crippen molar-refractivity contribution in [3.63, 3.8) is 0 Å². The van der Waals surface area contributed by atoms with Crippen molar-refractivity contribution in [2.75, 3.05) is 12.4 Å². The molecule has 0 aromatic heterocycles. The molecule has 0 spiro atoms. The fourth-order valence-electron chi connectivity index (χ4n) is 1.14. The fraction of sp³-hybridized carbons (Fsp3) is 0.625. The molecule has 1 fully saturated rings. The van der Waals surface area contributed by atoms with Crippen LogP contribution in [0.15, 0.2) is 11.8 Å². The monoisotopic (exact) mass is 173 g/mol. The molecule has 1 saturated carbocycles. The summed E-state index contributed by atoms with van der Waals surface area (Å²) in [6.07, 6.45) is 4.45. The van der Waals surface area contributed by atoms with E-state index in [9.17, 15) is 4.79 Å². The van der Waals surface area contributed by atoms with E-state index in [2.05, 4.69) is 5.32 Å². The van der Waals surface area contributed by atoms with Gasteiger partial charge in [-0.05, 0) is 12.8 Å². The van der Waals surface area contributed by atoms with Crippen LogP contribution in [0.25, 0.3) is 0 Å². The van der Waals surface area contributed by atoms with Gasteiger partial charge in [0.2, 0.25) is 0 Å². The molecule has 11 heavy (non-hydrogen) atoms. The summed E-state index contributed by atoms with van der Waals surface area (Å²) in [4.78, 5) is 11.0. The maximum atomic E-state index is 11.0. The van der Waals surface area contributed by atoms with Gasteiger partial charge in [-0.2, -0.15) is 0 Å². The smallest absolute Gasteiger partial charge is 0.160 e. The van der Waals surface area contributed by atoms with Crippen LogP contribution in [0.2, 0.25) is 0 Å². The topological polar surface area (TPSA) is 29.1 Å². The number of hydrogen-bond acceptors (Lipinski definition) is 2. The summed E-state index contributed by atoms with van der Waals surface area (Å²) in [5.74, 6) is 0.866. The second-order valence-electron chi connectivity index (χ2n) is 2.59. The lowest BCUT2D eigenvalue weighted by molar-refractivity contribution is -0.114. The third-order valence-corrected chi connectivity index (χ3v) is 1.91. The summed E-state index contributed by atoms with van der Waals surface area (Å²) in [7, 11) is 0. The molecule has 0 aromatic rings. The molecule has 62 valence electrons. The van der Waals surface area contributed by atoms with Crippen molar-refractivity contribution in [2.24, 2.45) is 0 Å². The summed E-state index contributed by atoms with van der Waals surface area (Å²) >= 11 is 5.45. The first-order chi connectivity index (χ1) is 5.34. The molecule has 1 N–H and O–H groups in total. The molecule has 0 atom stereocenters. The summed E-state index contributed by atoms with van der Waals surface area (Å²) in [5.41, 5.74) is 0.926. The van der Waals surface area contributed by atoms with Gasteiger partial charge >= 0.3 is 0 Å². The highest BCUT2D eigenvalue weighted by Gasteiger charge is 2.15. The van der Waals surface area contributed by atoms with Crippen molar-refractivity contribution in [1.29, 1.82) is 0 Å². The highest BCUT2D eigenvalue weighted by Crippen LogP contribution is 2.18. The van der Waals surface area contributed by atoms with Crippen molar-refractivity contribution < 1.29 is 4.79 Å². The third-order valence-electron chi connectivity index (χ3n) is 1.72. The first kappa shape index (κ1) is 8.60. The molecule has 0 amide bonds. The summed E-state index contributed by atoms with van der Waals surface area (Å²) in [6.45, 7) is 0.734. The van der Waals surface area contributed by atoms with E-state index in [4.69, 9.17) is 11.6 Å². The van der Waals surface area contributed by atoms with Gasteiger partial charge in [-0.1, -0.05) is 0 Å². The Bertz CT molecular complexity index is 177. The van der Waals surface area contributed by atoms with Crippen LogP contribution < -0.4 is 5.32 Å². The van der Waals surface area contributed by atoms with Crippen molar-refractivity contribution in [1.82, 2.24) is 5.32 Å². The van der Waals surface area contributed by atoms with E-state index < -0.39 is 0 Å². The maximum Gasteiger partial charge on any atom is 0.160 e. The van der Waals surface area contributed by atoms with Crippen molar-refractivity contribution >= 4 is 17.4 Å². The van der Waals surface area contributed by atoms with Gasteiger partial charge < -0.3 is 5.32 Å².